The van der Waals surface area contributed by atoms with Crippen LogP contribution in [-0.4, -0.2) is 16.8 Å². The third kappa shape index (κ3) is 0.787. The molecule has 1 aromatic rings. The molecule has 3 rings (SSSR count). The van der Waals surface area contributed by atoms with E-state index in [4.69, 9.17) is 0 Å². The molecule has 2 aliphatic rings. The second kappa shape index (κ2) is 2.36. The minimum atomic E-state index is 0.669. The maximum Gasteiger partial charge on any atom is 0.0854 e. The summed E-state index contributed by atoms with van der Waals surface area (Å²) in [7, 11) is 0. The fourth-order valence-electron chi connectivity index (χ4n) is 1.94. The van der Waals surface area contributed by atoms with E-state index in [1.165, 1.54) is 23.3 Å². The standard InChI is InChI=1S/C10H9NS/c1-2-4-8-7(3-1)5-9-10(8)11-6-12-9/h1-4,9H,5-6H2. The normalized spacial score (nSPS) is 25.0. The molecule has 0 amide bonds. The van der Waals surface area contributed by atoms with E-state index < -0.39 is 0 Å². The van der Waals surface area contributed by atoms with E-state index in [1.54, 1.807) is 0 Å². The number of benzene rings is 1. The highest BCUT2D eigenvalue weighted by Crippen LogP contribution is 2.34. The van der Waals surface area contributed by atoms with Gasteiger partial charge in [0.15, 0.2) is 0 Å². The van der Waals surface area contributed by atoms with Crippen LogP contribution in [-0.2, 0) is 6.42 Å². The van der Waals surface area contributed by atoms with Gasteiger partial charge in [-0.25, -0.2) is 0 Å². The van der Waals surface area contributed by atoms with Crippen LogP contribution < -0.4 is 0 Å². The van der Waals surface area contributed by atoms with E-state index in [9.17, 15) is 0 Å². The Balaban J connectivity index is 2.20. The average molecular weight is 175 g/mol. The molecule has 0 saturated heterocycles. The zero-order valence-corrected chi connectivity index (χ0v) is 7.47. The smallest absolute Gasteiger partial charge is 0.0854 e. The SMILES string of the molecule is c1ccc2c(c1)CC1SCN=C21. The summed E-state index contributed by atoms with van der Waals surface area (Å²) < 4.78 is 0. The quantitative estimate of drug-likeness (QED) is 0.588. The Kier molecular flexibility index (Phi) is 1.32. The van der Waals surface area contributed by atoms with Crippen molar-refractivity contribution in [3.8, 4) is 0 Å². The van der Waals surface area contributed by atoms with Gasteiger partial charge in [0.05, 0.1) is 16.8 Å². The largest absolute Gasteiger partial charge is 0.277 e. The van der Waals surface area contributed by atoms with Gasteiger partial charge in [0.1, 0.15) is 0 Å². The van der Waals surface area contributed by atoms with Crippen LogP contribution in [0.25, 0.3) is 0 Å². The number of fused-ring (bicyclic) bond motifs is 3. The lowest BCUT2D eigenvalue weighted by molar-refractivity contribution is 1.12. The molecule has 60 valence electrons. The molecule has 0 fully saturated rings. The molecule has 2 heteroatoms. The van der Waals surface area contributed by atoms with Crippen molar-refractivity contribution >= 4 is 17.5 Å². The van der Waals surface area contributed by atoms with Gasteiger partial charge in [0, 0.05) is 0 Å². The number of rotatable bonds is 0. The van der Waals surface area contributed by atoms with Crippen LogP contribution in [0.3, 0.4) is 0 Å². The summed E-state index contributed by atoms with van der Waals surface area (Å²) in [5.41, 5.74) is 4.22. The lowest BCUT2D eigenvalue weighted by Gasteiger charge is -1.97. The minimum absolute atomic E-state index is 0.669. The summed E-state index contributed by atoms with van der Waals surface area (Å²) in [6.07, 6.45) is 1.19. The lowest BCUT2D eigenvalue weighted by atomic mass is 10.1. The Morgan fingerprint density at radius 1 is 1.33 bits per heavy atom. The Hall–Kier alpha value is -0.760. The van der Waals surface area contributed by atoms with Crippen LogP contribution in [0.4, 0.5) is 0 Å². The predicted octanol–water partition coefficient (Wildman–Crippen LogP) is 2.10. The van der Waals surface area contributed by atoms with Crippen molar-refractivity contribution in [3.05, 3.63) is 35.4 Å². The zero-order chi connectivity index (χ0) is 7.97. The van der Waals surface area contributed by atoms with Gasteiger partial charge in [-0.2, -0.15) is 0 Å². The van der Waals surface area contributed by atoms with E-state index in [-0.39, 0.29) is 0 Å². The summed E-state index contributed by atoms with van der Waals surface area (Å²) in [5.74, 6) is 0.967. The van der Waals surface area contributed by atoms with E-state index in [1.807, 2.05) is 11.8 Å². The van der Waals surface area contributed by atoms with Crippen molar-refractivity contribution in [1.82, 2.24) is 0 Å². The van der Waals surface area contributed by atoms with Crippen molar-refractivity contribution in [1.29, 1.82) is 0 Å². The first-order chi connectivity index (χ1) is 5.95. The Morgan fingerprint density at radius 2 is 2.25 bits per heavy atom. The van der Waals surface area contributed by atoms with Crippen molar-refractivity contribution in [2.24, 2.45) is 4.99 Å². The molecular weight excluding hydrogens is 166 g/mol. The third-order valence-corrected chi connectivity index (χ3v) is 3.58. The highest BCUT2D eigenvalue weighted by Gasteiger charge is 2.31. The van der Waals surface area contributed by atoms with Gasteiger partial charge >= 0.3 is 0 Å². The molecule has 0 bridgehead atoms. The molecule has 0 saturated carbocycles. The van der Waals surface area contributed by atoms with Crippen molar-refractivity contribution < 1.29 is 0 Å². The van der Waals surface area contributed by atoms with Gasteiger partial charge in [-0.15, -0.1) is 11.8 Å². The Morgan fingerprint density at radius 3 is 3.25 bits per heavy atom. The maximum absolute atomic E-state index is 4.52. The monoisotopic (exact) mass is 175 g/mol. The molecule has 1 nitrogen and oxygen atoms in total. The van der Waals surface area contributed by atoms with Crippen LogP contribution in [0.15, 0.2) is 29.3 Å². The zero-order valence-electron chi connectivity index (χ0n) is 6.66. The average Bonchev–Trinajstić information content (AvgIpc) is 2.62. The van der Waals surface area contributed by atoms with E-state index >= 15 is 0 Å². The Bertz CT molecular complexity index is 357. The molecule has 1 aromatic carbocycles. The molecule has 1 heterocycles. The fraction of sp³-hybridized carbons (Fsp3) is 0.300. The molecular formula is C10H9NS. The Labute approximate surface area is 75.9 Å². The highest BCUT2D eigenvalue weighted by molar-refractivity contribution is 8.01. The van der Waals surface area contributed by atoms with E-state index in [2.05, 4.69) is 29.3 Å². The molecule has 1 aliphatic heterocycles. The second-order valence-corrected chi connectivity index (χ2v) is 4.35. The maximum atomic E-state index is 4.52. The summed E-state index contributed by atoms with van der Waals surface area (Å²) >= 11 is 1.97. The summed E-state index contributed by atoms with van der Waals surface area (Å²) in [6, 6.07) is 8.63. The van der Waals surface area contributed by atoms with Gasteiger partial charge < -0.3 is 0 Å². The lowest BCUT2D eigenvalue weighted by Crippen LogP contribution is -2.06. The van der Waals surface area contributed by atoms with Crippen molar-refractivity contribution in [2.45, 2.75) is 11.7 Å². The van der Waals surface area contributed by atoms with Crippen LogP contribution in [0.5, 0.6) is 0 Å². The molecule has 0 spiro atoms. The van der Waals surface area contributed by atoms with E-state index in [0.29, 0.717) is 5.25 Å². The van der Waals surface area contributed by atoms with Crippen LogP contribution in [0.1, 0.15) is 11.1 Å². The van der Waals surface area contributed by atoms with Crippen LogP contribution in [0, 0.1) is 0 Å². The molecule has 1 unspecified atom stereocenters. The van der Waals surface area contributed by atoms with Crippen LogP contribution >= 0.6 is 11.8 Å². The second-order valence-electron chi connectivity index (χ2n) is 3.19. The third-order valence-electron chi connectivity index (χ3n) is 2.51. The molecule has 12 heavy (non-hydrogen) atoms. The molecule has 0 aromatic heterocycles. The van der Waals surface area contributed by atoms with Gasteiger partial charge in [-0.3, -0.25) is 4.99 Å². The first kappa shape index (κ1) is 6.72. The van der Waals surface area contributed by atoms with Gasteiger partial charge in [-0.1, -0.05) is 24.3 Å². The van der Waals surface area contributed by atoms with Gasteiger partial charge in [-0.05, 0) is 17.5 Å². The number of thioether (sulfide) groups is 1. The summed E-state index contributed by atoms with van der Waals surface area (Å²) in [4.78, 5) is 4.52. The molecule has 0 N–H and O–H groups in total. The highest BCUT2D eigenvalue weighted by atomic mass is 32.2. The molecule has 0 radical (unpaired) electrons. The molecule has 1 atom stereocenters. The predicted molar refractivity (Wildman–Crippen MR) is 52.9 cm³/mol. The topological polar surface area (TPSA) is 12.4 Å². The van der Waals surface area contributed by atoms with Gasteiger partial charge in [0.2, 0.25) is 0 Å². The number of aliphatic imine (C=N–C) groups is 1. The first-order valence-electron chi connectivity index (χ1n) is 4.19. The minimum Gasteiger partial charge on any atom is -0.277 e. The van der Waals surface area contributed by atoms with Crippen molar-refractivity contribution in [2.75, 3.05) is 5.88 Å². The number of hydrogen-bond acceptors (Lipinski definition) is 2. The van der Waals surface area contributed by atoms with Crippen LogP contribution in [0.2, 0.25) is 0 Å². The molecule has 1 aliphatic carbocycles. The van der Waals surface area contributed by atoms with Gasteiger partial charge in [0.25, 0.3) is 0 Å². The number of nitrogens with zero attached hydrogens (tertiary/aromatic N) is 1. The fourth-order valence-corrected chi connectivity index (χ4v) is 2.99. The van der Waals surface area contributed by atoms with E-state index in [0.717, 1.165) is 5.88 Å². The first-order valence-corrected chi connectivity index (χ1v) is 5.24. The number of hydrogen-bond donors (Lipinski definition) is 0. The van der Waals surface area contributed by atoms with Crippen molar-refractivity contribution in [3.63, 3.8) is 0 Å². The summed E-state index contributed by atoms with van der Waals surface area (Å²) in [5, 5.41) is 0.669. The summed E-state index contributed by atoms with van der Waals surface area (Å²) in [6.45, 7) is 0.